The first-order chi connectivity index (χ1) is 14.7. The van der Waals surface area contributed by atoms with Crippen LogP contribution in [-0.4, -0.2) is 45.9 Å². The van der Waals surface area contributed by atoms with Crippen molar-refractivity contribution in [3.63, 3.8) is 0 Å². The van der Waals surface area contributed by atoms with Gasteiger partial charge < -0.3 is 15.4 Å². The number of benzene rings is 2. The van der Waals surface area contributed by atoms with Gasteiger partial charge in [-0.25, -0.2) is 12.7 Å². The van der Waals surface area contributed by atoms with Crippen molar-refractivity contribution in [3.05, 3.63) is 59.2 Å². The van der Waals surface area contributed by atoms with Crippen molar-refractivity contribution >= 4 is 40.0 Å². The van der Waals surface area contributed by atoms with Crippen molar-refractivity contribution in [2.24, 2.45) is 4.99 Å². The second-order valence-electron chi connectivity index (χ2n) is 7.62. The van der Waals surface area contributed by atoms with E-state index in [4.69, 9.17) is 4.74 Å². The fraction of sp³-hybridized carbons (Fsp3) is 0.435. The highest BCUT2D eigenvalue weighted by Crippen LogP contribution is 2.22. The van der Waals surface area contributed by atoms with Crippen LogP contribution in [0.1, 0.15) is 37.0 Å². The quantitative estimate of drug-likeness (QED) is 0.270. The Kier molecular flexibility index (Phi) is 11.5. The first-order valence-electron chi connectivity index (χ1n) is 10.4. The first-order valence-corrected chi connectivity index (χ1v) is 11.8. The molecule has 2 aromatic rings. The van der Waals surface area contributed by atoms with Gasteiger partial charge in [0, 0.05) is 39.8 Å². The highest BCUT2D eigenvalue weighted by molar-refractivity contribution is 14.0. The first kappa shape index (κ1) is 28.2. The number of ether oxygens (including phenoxy) is 1. The molecule has 0 radical (unpaired) electrons. The summed E-state index contributed by atoms with van der Waals surface area (Å²) in [5.74, 6) is 1.44. The molecule has 0 amide bonds. The van der Waals surface area contributed by atoms with E-state index in [1.165, 1.54) is 18.4 Å². The summed E-state index contributed by atoms with van der Waals surface area (Å²) in [5.41, 5.74) is 2.85. The number of nitrogens with zero attached hydrogens (tertiary/aromatic N) is 2. The lowest BCUT2D eigenvalue weighted by Crippen LogP contribution is -2.37. The number of aliphatic imine (C=N–C) groups is 1. The number of nitrogens with one attached hydrogen (secondary N) is 2. The van der Waals surface area contributed by atoms with Gasteiger partial charge >= 0.3 is 0 Å². The van der Waals surface area contributed by atoms with E-state index in [9.17, 15) is 8.42 Å². The zero-order valence-corrected chi connectivity index (χ0v) is 22.8. The van der Waals surface area contributed by atoms with Gasteiger partial charge in [-0.3, -0.25) is 4.99 Å². The van der Waals surface area contributed by atoms with Gasteiger partial charge in [0.1, 0.15) is 5.75 Å². The Morgan fingerprint density at radius 1 is 1.09 bits per heavy atom. The Hall–Kier alpha value is -1.85. The molecule has 0 aromatic heterocycles. The number of hydrogen-bond acceptors (Lipinski definition) is 4. The maximum Gasteiger partial charge on any atom is 0.242 e. The van der Waals surface area contributed by atoms with E-state index in [0.29, 0.717) is 24.6 Å². The van der Waals surface area contributed by atoms with Gasteiger partial charge in [0.25, 0.3) is 0 Å². The van der Waals surface area contributed by atoms with Gasteiger partial charge in [-0.1, -0.05) is 37.3 Å². The van der Waals surface area contributed by atoms with Gasteiger partial charge in [-0.2, -0.15) is 0 Å². The molecular weight excluding hydrogens is 539 g/mol. The van der Waals surface area contributed by atoms with E-state index >= 15 is 0 Å². The number of halogens is 1. The second-order valence-corrected chi connectivity index (χ2v) is 9.74. The lowest BCUT2D eigenvalue weighted by Gasteiger charge is -2.19. The summed E-state index contributed by atoms with van der Waals surface area (Å²) in [7, 11) is 1.22. The van der Waals surface area contributed by atoms with Gasteiger partial charge in [0.05, 0.1) is 11.0 Å². The molecule has 0 spiro atoms. The second kappa shape index (κ2) is 13.0. The standard InChI is InChI=1S/C23H34N4O3S.HI/c1-7-18(3)30-21-14-17(2)12-13-19(21)15-25-23(24-4)26-16-20-10-8-9-11-22(20)31(28,29)27(5)6;/h8-14,18H,7,15-16H2,1-6H3,(H2,24,25,26);1H. The van der Waals surface area contributed by atoms with Crippen LogP contribution in [0.3, 0.4) is 0 Å². The maximum absolute atomic E-state index is 12.6. The Bertz CT molecular complexity index is 1010. The largest absolute Gasteiger partial charge is 0.490 e. The van der Waals surface area contributed by atoms with E-state index in [1.54, 1.807) is 25.2 Å². The highest BCUT2D eigenvalue weighted by atomic mass is 127. The molecule has 1 unspecified atom stereocenters. The number of rotatable bonds is 9. The summed E-state index contributed by atoms with van der Waals surface area (Å²) in [6.45, 7) is 7.05. The SMILES string of the molecule is CCC(C)Oc1cc(C)ccc1CNC(=NC)NCc1ccccc1S(=O)(=O)N(C)C.I. The van der Waals surface area contributed by atoms with Crippen molar-refractivity contribution in [2.75, 3.05) is 21.1 Å². The summed E-state index contributed by atoms with van der Waals surface area (Å²) < 4.78 is 32.5. The minimum absolute atomic E-state index is 0. The molecule has 0 aliphatic rings. The molecule has 7 nitrogen and oxygen atoms in total. The highest BCUT2D eigenvalue weighted by Gasteiger charge is 2.20. The summed E-state index contributed by atoms with van der Waals surface area (Å²) in [5, 5.41) is 6.49. The van der Waals surface area contributed by atoms with E-state index in [-0.39, 0.29) is 35.0 Å². The van der Waals surface area contributed by atoms with Crippen molar-refractivity contribution in [2.45, 2.75) is 51.3 Å². The van der Waals surface area contributed by atoms with Gasteiger partial charge in [-0.15, -0.1) is 24.0 Å². The van der Waals surface area contributed by atoms with Gasteiger partial charge in [0.15, 0.2) is 5.96 Å². The molecule has 1 atom stereocenters. The maximum atomic E-state index is 12.6. The molecule has 0 saturated heterocycles. The Morgan fingerprint density at radius 3 is 2.31 bits per heavy atom. The number of sulfonamides is 1. The average Bonchev–Trinajstić information content (AvgIpc) is 2.75. The Balaban J connectivity index is 0.00000512. The van der Waals surface area contributed by atoms with E-state index in [2.05, 4.69) is 35.5 Å². The zero-order valence-electron chi connectivity index (χ0n) is 19.7. The van der Waals surface area contributed by atoms with Crippen LogP contribution in [0, 0.1) is 6.92 Å². The van der Waals surface area contributed by atoms with Crippen LogP contribution in [-0.2, 0) is 23.1 Å². The van der Waals surface area contributed by atoms with E-state index in [1.807, 2.05) is 25.1 Å². The van der Waals surface area contributed by atoms with Crippen LogP contribution in [0.25, 0.3) is 0 Å². The Morgan fingerprint density at radius 2 is 1.72 bits per heavy atom. The molecule has 0 bridgehead atoms. The third kappa shape index (κ3) is 7.63. The van der Waals surface area contributed by atoms with Crippen LogP contribution >= 0.6 is 24.0 Å². The molecule has 9 heteroatoms. The predicted octanol–water partition coefficient (Wildman–Crippen LogP) is 3.91. The van der Waals surface area contributed by atoms with Crippen LogP contribution in [0.2, 0.25) is 0 Å². The summed E-state index contributed by atoms with van der Waals surface area (Å²) in [6.07, 6.45) is 1.06. The summed E-state index contributed by atoms with van der Waals surface area (Å²) >= 11 is 0. The Labute approximate surface area is 209 Å². The zero-order chi connectivity index (χ0) is 23.0. The van der Waals surface area contributed by atoms with Crippen molar-refractivity contribution in [3.8, 4) is 5.75 Å². The molecule has 0 aliphatic carbocycles. The molecular formula is C23H35IN4O3S. The minimum Gasteiger partial charge on any atom is -0.490 e. The summed E-state index contributed by atoms with van der Waals surface area (Å²) in [6, 6.07) is 13.1. The van der Waals surface area contributed by atoms with Gasteiger partial charge in [-0.05, 0) is 43.5 Å². The molecule has 2 N–H and O–H groups in total. The third-order valence-electron chi connectivity index (χ3n) is 4.97. The smallest absolute Gasteiger partial charge is 0.242 e. The third-order valence-corrected chi connectivity index (χ3v) is 6.89. The monoisotopic (exact) mass is 574 g/mol. The molecule has 0 aliphatic heterocycles. The molecule has 2 aromatic carbocycles. The number of hydrogen-bond donors (Lipinski definition) is 2. The molecule has 0 saturated carbocycles. The molecule has 0 fully saturated rings. The molecule has 0 heterocycles. The van der Waals surface area contributed by atoms with Crippen LogP contribution in [0.5, 0.6) is 5.75 Å². The van der Waals surface area contributed by atoms with Gasteiger partial charge in [0.2, 0.25) is 10.0 Å². The number of aryl methyl sites for hydroxylation is 1. The van der Waals surface area contributed by atoms with Crippen LogP contribution < -0.4 is 15.4 Å². The van der Waals surface area contributed by atoms with Crippen molar-refractivity contribution in [1.82, 2.24) is 14.9 Å². The minimum atomic E-state index is -3.52. The fourth-order valence-electron chi connectivity index (χ4n) is 2.89. The van der Waals surface area contributed by atoms with Crippen molar-refractivity contribution in [1.29, 1.82) is 0 Å². The van der Waals surface area contributed by atoms with Crippen LogP contribution in [0.15, 0.2) is 52.4 Å². The topological polar surface area (TPSA) is 83.0 Å². The average molecular weight is 575 g/mol. The predicted molar refractivity (Wildman–Crippen MR) is 141 cm³/mol. The molecule has 178 valence electrons. The lowest BCUT2D eigenvalue weighted by atomic mass is 10.1. The summed E-state index contributed by atoms with van der Waals surface area (Å²) in [4.78, 5) is 4.55. The normalized spacial score (nSPS) is 12.8. The fourth-order valence-corrected chi connectivity index (χ4v) is 4.01. The van der Waals surface area contributed by atoms with E-state index < -0.39 is 10.0 Å². The van der Waals surface area contributed by atoms with Crippen LogP contribution in [0.4, 0.5) is 0 Å². The number of guanidine groups is 1. The molecule has 32 heavy (non-hydrogen) atoms. The molecule has 2 rings (SSSR count). The lowest BCUT2D eigenvalue weighted by molar-refractivity contribution is 0.215. The van der Waals surface area contributed by atoms with E-state index in [0.717, 1.165) is 23.3 Å². The van der Waals surface area contributed by atoms with Crippen molar-refractivity contribution < 1.29 is 13.2 Å².